The van der Waals surface area contributed by atoms with Gasteiger partial charge in [-0.05, 0) is 111 Å². The number of aliphatic hydroxyl groups is 1. The summed E-state index contributed by atoms with van der Waals surface area (Å²) < 4.78 is 0. The van der Waals surface area contributed by atoms with E-state index in [0.717, 1.165) is 64.4 Å². The number of halogens is 6. The van der Waals surface area contributed by atoms with E-state index >= 15 is 0 Å². The Bertz CT molecular complexity index is 1350. The molecule has 0 aromatic heterocycles. The molecule has 0 spiro atoms. The molecule has 8 fully saturated rings. The minimum atomic E-state index is -1.14. The molecule has 8 aliphatic carbocycles. The van der Waals surface area contributed by atoms with Gasteiger partial charge < -0.3 is 10.8 Å². The Morgan fingerprint density at radius 3 is 1.46 bits per heavy atom. The van der Waals surface area contributed by atoms with Crippen LogP contribution in [-0.2, 0) is 0 Å². The molecule has 0 amide bonds. The second kappa shape index (κ2) is 15.3. The first-order valence-electron chi connectivity index (χ1n) is 17.6. The fourth-order valence-corrected chi connectivity index (χ4v) is 14.3. The highest BCUT2D eigenvalue weighted by Gasteiger charge is 2.64. The first kappa shape index (κ1) is 39.5. The summed E-state index contributed by atoms with van der Waals surface area (Å²) in [7, 11) is -0.139. The summed E-state index contributed by atoms with van der Waals surface area (Å²) in [4.78, 5) is 2.55. The number of nitrogens with one attached hydrogen (secondary N) is 1. The van der Waals surface area contributed by atoms with Crippen LogP contribution >= 0.6 is 69.3 Å². The standard InChI is InChI=1S/C17H20Cl3N.C17H21Cl2N.C3H9ClSi.CH4O/c18-16-7-11-6-13(9-16)14(17(19,8-11)10-16)15(21-20)12-4-2-1-3-5-12;18-16-7-11-6-13(9-16)14(17(19,8-11)10-16)15(20)12-4-2-1-3-5-12;1-5(2,3)4;1-2/h1-5,11,13-15,21H,6-10H2;1-5,11,13-15H,6-10,20H2;1-3H3;2H,1H3/t2*11-,13?,14+,15-,16-,17-;;/m00../s1. The van der Waals surface area contributed by atoms with Gasteiger partial charge in [-0.25, -0.2) is 4.84 Å². The van der Waals surface area contributed by atoms with Crippen molar-refractivity contribution in [2.45, 2.75) is 115 Å². The molecule has 4 N–H and O–H groups in total. The Morgan fingerprint density at radius 2 is 1.08 bits per heavy atom. The van der Waals surface area contributed by atoms with Crippen molar-refractivity contribution in [3.63, 3.8) is 0 Å². The van der Waals surface area contributed by atoms with Gasteiger partial charge in [-0.1, -0.05) is 80.3 Å². The van der Waals surface area contributed by atoms with Crippen LogP contribution < -0.4 is 10.6 Å². The maximum Gasteiger partial charge on any atom is 0.147 e. The number of rotatable bonds is 5. The third-order valence-corrected chi connectivity index (χ3v) is 13.9. The van der Waals surface area contributed by atoms with Crippen LogP contribution in [0.3, 0.4) is 0 Å². The Labute approximate surface area is 320 Å². The summed E-state index contributed by atoms with van der Waals surface area (Å²) in [6, 6.07) is 21.0. The van der Waals surface area contributed by atoms with Crippen molar-refractivity contribution in [2.75, 3.05) is 7.11 Å². The van der Waals surface area contributed by atoms with Crippen molar-refractivity contribution in [2.24, 2.45) is 41.2 Å². The predicted molar refractivity (Wildman–Crippen MR) is 210 cm³/mol. The largest absolute Gasteiger partial charge is 0.400 e. The molecule has 0 heterocycles. The number of alkyl halides is 4. The average molecular weight is 796 g/mol. The van der Waals surface area contributed by atoms with Gasteiger partial charge in [0.2, 0.25) is 0 Å². The SMILES string of the molecule is CO.C[Si](C)(C)Cl.ClN[C@@H](c1ccccc1)[C@H]1C2C[C@H]3C[C@](Cl)(C2)C[C@@]1(Cl)C3.N[C@@H](c1ccccc1)[C@H]1C2C[C@H]3C[C@](Cl)(C2)C[C@@]1(Cl)C3. The van der Waals surface area contributed by atoms with Crippen molar-refractivity contribution >= 4 is 76.6 Å². The molecule has 8 aliphatic rings. The number of benzene rings is 2. The highest BCUT2D eigenvalue weighted by Crippen LogP contribution is 2.68. The molecule has 0 saturated heterocycles. The van der Waals surface area contributed by atoms with Gasteiger partial charge in [-0.15, -0.1) is 46.4 Å². The minimum Gasteiger partial charge on any atom is -0.400 e. The highest BCUT2D eigenvalue weighted by molar-refractivity contribution is 7.18. The fourth-order valence-electron chi connectivity index (χ4n) is 11.1. The quantitative estimate of drug-likeness (QED) is 0.122. The van der Waals surface area contributed by atoms with E-state index in [9.17, 15) is 0 Å². The maximum atomic E-state index is 7.13. The van der Waals surface area contributed by atoms with Crippen LogP contribution in [0.15, 0.2) is 60.7 Å². The summed E-state index contributed by atoms with van der Waals surface area (Å²) in [6.45, 7) is 6.28. The van der Waals surface area contributed by atoms with Gasteiger partial charge in [-0.2, -0.15) is 11.1 Å². The van der Waals surface area contributed by atoms with Gasteiger partial charge in [0.1, 0.15) is 7.38 Å². The lowest BCUT2D eigenvalue weighted by Gasteiger charge is -2.63. The third kappa shape index (κ3) is 8.72. The van der Waals surface area contributed by atoms with Crippen molar-refractivity contribution in [3.05, 3.63) is 71.8 Å². The van der Waals surface area contributed by atoms with Crippen molar-refractivity contribution in [1.82, 2.24) is 4.84 Å². The first-order valence-corrected chi connectivity index (χ1v) is 24.0. The van der Waals surface area contributed by atoms with Crippen molar-refractivity contribution in [3.8, 4) is 0 Å². The fraction of sp³-hybridized carbons (Fsp3) is 0.684. The molecule has 268 valence electrons. The topological polar surface area (TPSA) is 58.3 Å². The molecule has 2 aromatic carbocycles. The molecule has 48 heavy (non-hydrogen) atoms. The zero-order valence-electron chi connectivity index (χ0n) is 28.8. The zero-order valence-corrected chi connectivity index (χ0v) is 34.3. The molecular formula is C38H54Cl6N2OSi. The van der Waals surface area contributed by atoms with Crippen LogP contribution in [0.5, 0.6) is 0 Å². The van der Waals surface area contributed by atoms with E-state index < -0.39 is 7.38 Å². The summed E-state index contributed by atoms with van der Waals surface area (Å²) in [5.74, 6) is 3.34. The van der Waals surface area contributed by atoms with Gasteiger partial charge in [0.05, 0.1) is 15.8 Å². The summed E-state index contributed by atoms with van der Waals surface area (Å²) >= 11 is 39.7. The molecule has 12 atom stereocenters. The normalized spacial score (nSPS) is 41.2. The minimum absolute atomic E-state index is 0.0407. The summed E-state index contributed by atoms with van der Waals surface area (Å²) in [5, 5.41) is 7.00. The molecule has 2 unspecified atom stereocenters. The van der Waals surface area contributed by atoms with Gasteiger partial charge in [0.15, 0.2) is 0 Å². The van der Waals surface area contributed by atoms with Crippen molar-refractivity contribution < 1.29 is 5.11 Å². The molecule has 0 radical (unpaired) electrons. The lowest BCUT2D eigenvalue weighted by Crippen LogP contribution is -2.61. The van der Waals surface area contributed by atoms with E-state index in [2.05, 4.69) is 73.0 Å². The Morgan fingerprint density at radius 1 is 0.688 bits per heavy atom. The third-order valence-electron chi connectivity index (χ3n) is 11.7. The summed E-state index contributed by atoms with van der Waals surface area (Å²) in [6.07, 6.45) is 11.1. The molecular weight excluding hydrogens is 741 g/mol. The molecule has 2 aromatic rings. The van der Waals surface area contributed by atoms with Crippen LogP contribution in [0.1, 0.15) is 87.4 Å². The smallest absolute Gasteiger partial charge is 0.147 e. The lowest BCUT2D eigenvalue weighted by molar-refractivity contribution is -0.0212. The Kier molecular flexibility index (Phi) is 12.6. The van der Waals surface area contributed by atoms with E-state index in [1.54, 1.807) is 0 Å². The van der Waals surface area contributed by atoms with E-state index in [4.69, 9.17) is 80.1 Å². The first-order chi connectivity index (χ1) is 22.5. The zero-order chi connectivity index (χ0) is 35.1. The van der Waals surface area contributed by atoms with Gasteiger partial charge in [0, 0.05) is 34.7 Å². The molecule has 0 aliphatic heterocycles. The van der Waals surface area contributed by atoms with E-state index in [0.29, 0.717) is 29.6 Å². The van der Waals surface area contributed by atoms with Crippen LogP contribution in [0.25, 0.3) is 0 Å². The molecule has 3 nitrogen and oxygen atoms in total. The van der Waals surface area contributed by atoms with Crippen LogP contribution in [0.2, 0.25) is 19.6 Å². The van der Waals surface area contributed by atoms with E-state index in [-0.39, 0.29) is 31.6 Å². The predicted octanol–water partition coefficient (Wildman–Crippen LogP) is 11.4. The van der Waals surface area contributed by atoms with Crippen LogP contribution in [0, 0.1) is 35.5 Å². The van der Waals surface area contributed by atoms with Crippen LogP contribution in [-0.4, -0.2) is 39.1 Å². The summed E-state index contributed by atoms with van der Waals surface area (Å²) in [5.41, 5.74) is 9.07. The number of hydrogen-bond donors (Lipinski definition) is 3. The van der Waals surface area contributed by atoms with Gasteiger partial charge in [0.25, 0.3) is 0 Å². The number of aliphatic hydroxyl groups excluding tert-OH is 1. The number of hydrogen-bond acceptors (Lipinski definition) is 3. The highest BCUT2D eigenvalue weighted by atomic mass is 35.6. The van der Waals surface area contributed by atoms with E-state index in [1.807, 2.05) is 12.1 Å². The molecule has 10 rings (SSSR count). The Balaban J connectivity index is 0.000000158. The second-order valence-corrected chi connectivity index (χ2v) is 27.6. The number of nitrogens with two attached hydrogens (primary N) is 1. The van der Waals surface area contributed by atoms with Gasteiger partial charge in [-0.3, -0.25) is 0 Å². The van der Waals surface area contributed by atoms with Crippen LogP contribution in [0.4, 0.5) is 0 Å². The molecule has 8 bridgehead atoms. The van der Waals surface area contributed by atoms with Crippen molar-refractivity contribution in [1.29, 1.82) is 0 Å². The van der Waals surface area contributed by atoms with E-state index in [1.165, 1.54) is 24.0 Å². The lowest BCUT2D eigenvalue weighted by atomic mass is 9.49. The maximum absolute atomic E-state index is 7.13. The second-order valence-electron chi connectivity index (χ2n) is 16.7. The Hall–Kier alpha value is 0.277. The monoisotopic (exact) mass is 792 g/mol. The van der Waals surface area contributed by atoms with Gasteiger partial charge >= 0.3 is 0 Å². The molecule has 10 heteroatoms. The average Bonchev–Trinajstić information content (AvgIpc) is 2.98. The molecule has 8 saturated carbocycles.